The maximum absolute atomic E-state index is 11.2. The summed E-state index contributed by atoms with van der Waals surface area (Å²) in [6.45, 7) is 3.27. The van der Waals surface area contributed by atoms with Gasteiger partial charge in [-0.3, -0.25) is 4.79 Å². The Bertz CT molecular complexity index is 631. The topological polar surface area (TPSA) is 85.0 Å². The number of carbonyl (C=O) groups is 2. The molecule has 5 nitrogen and oxygen atoms in total. The summed E-state index contributed by atoms with van der Waals surface area (Å²) in [6, 6.07) is 7.21. The molecule has 2 aromatic rings. The van der Waals surface area contributed by atoms with Crippen LogP contribution >= 0.6 is 0 Å². The van der Waals surface area contributed by atoms with Crippen molar-refractivity contribution in [3.05, 3.63) is 35.5 Å². The van der Waals surface area contributed by atoms with Crippen LogP contribution in [0.15, 0.2) is 24.3 Å². The molecule has 1 heterocycles. The minimum atomic E-state index is -1.23. The van der Waals surface area contributed by atoms with Gasteiger partial charge in [-0.05, 0) is 25.0 Å². The Balaban J connectivity index is 2.42. The van der Waals surface area contributed by atoms with E-state index in [0.717, 1.165) is 10.9 Å². The zero-order valence-electron chi connectivity index (χ0n) is 10.8. The zero-order chi connectivity index (χ0) is 14.0. The summed E-state index contributed by atoms with van der Waals surface area (Å²) in [5, 5.41) is 14.8. The van der Waals surface area contributed by atoms with Crippen molar-refractivity contribution in [3.8, 4) is 0 Å². The van der Waals surface area contributed by atoms with Gasteiger partial charge < -0.3 is 20.2 Å². The van der Waals surface area contributed by atoms with Crippen LogP contribution in [0.5, 0.6) is 0 Å². The SMILES string of the molecule is CC(=O)N[C@H](C)Cc1c(C(=O)[O-])[nH]c2ccccc12. The lowest BCUT2D eigenvalue weighted by Crippen LogP contribution is -2.33. The Labute approximate surface area is 110 Å². The first-order valence-electron chi connectivity index (χ1n) is 6.07. The van der Waals surface area contributed by atoms with E-state index in [1.807, 2.05) is 31.2 Å². The van der Waals surface area contributed by atoms with E-state index < -0.39 is 5.97 Å². The number of hydrogen-bond acceptors (Lipinski definition) is 3. The number of fused-ring (bicyclic) bond motifs is 1. The third kappa shape index (κ3) is 2.76. The number of aromatic amines is 1. The highest BCUT2D eigenvalue weighted by Gasteiger charge is 2.15. The number of para-hydroxylation sites is 1. The smallest absolute Gasteiger partial charge is 0.217 e. The summed E-state index contributed by atoms with van der Waals surface area (Å²) in [4.78, 5) is 25.0. The Morgan fingerprint density at radius 1 is 1.37 bits per heavy atom. The van der Waals surface area contributed by atoms with Gasteiger partial charge in [0.25, 0.3) is 0 Å². The van der Waals surface area contributed by atoms with Gasteiger partial charge in [0.15, 0.2) is 0 Å². The number of carboxylic acid groups (broad SMARTS) is 1. The first-order chi connectivity index (χ1) is 8.99. The van der Waals surface area contributed by atoms with Crippen molar-refractivity contribution < 1.29 is 14.7 Å². The number of rotatable bonds is 4. The number of nitrogens with one attached hydrogen (secondary N) is 2. The summed E-state index contributed by atoms with van der Waals surface area (Å²) < 4.78 is 0. The van der Waals surface area contributed by atoms with Gasteiger partial charge >= 0.3 is 0 Å². The van der Waals surface area contributed by atoms with Crippen LogP contribution in [0.2, 0.25) is 0 Å². The molecule has 0 bridgehead atoms. The van der Waals surface area contributed by atoms with Crippen molar-refractivity contribution in [1.82, 2.24) is 10.3 Å². The molecule has 2 rings (SSSR count). The number of carbonyl (C=O) groups excluding carboxylic acids is 2. The van der Waals surface area contributed by atoms with Gasteiger partial charge in [-0.1, -0.05) is 18.2 Å². The van der Waals surface area contributed by atoms with Gasteiger partial charge in [0, 0.05) is 23.9 Å². The Kier molecular flexibility index (Phi) is 3.55. The first-order valence-corrected chi connectivity index (χ1v) is 6.07. The first kappa shape index (κ1) is 13.1. The van der Waals surface area contributed by atoms with Crippen molar-refractivity contribution in [2.45, 2.75) is 26.3 Å². The zero-order valence-corrected chi connectivity index (χ0v) is 10.8. The second-order valence-corrected chi connectivity index (χ2v) is 4.62. The normalized spacial score (nSPS) is 12.3. The maximum atomic E-state index is 11.2. The second-order valence-electron chi connectivity index (χ2n) is 4.62. The molecule has 0 fully saturated rings. The predicted molar refractivity (Wildman–Crippen MR) is 69.6 cm³/mol. The van der Waals surface area contributed by atoms with Crippen LogP contribution in [-0.2, 0) is 11.2 Å². The molecule has 5 heteroatoms. The fourth-order valence-corrected chi connectivity index (χ4v) is 2.29. The van der Waals surface area contributed by atoms with Crippen molar-refractivity contribution in [3.63, 3.8) is 0 Å². The van der Waals surface area contributed by atoms with Gasteiger partial charge in [-0.25, -0.2) is 0 Å². The van der Waals surface area contributed by atoms with Crippen molar-refractivity contribution in [1.29, 1.82) is 0 Å². The summed E-state index contributed by atoms with van der Waals surface area (Å²) in [5.41, 5.74) is 1.50. The fraction of sp³-hybridized carbons (Fsp3) is 0.286. The number of benzene rings is 1. The largest absolute Gasteiger partial charge is 0.543 e. The van der Waals surface area contributed by atoms with Crippen LogP contribution in [0.4, 0.5) is 0 Å². The minimum absolute atomic E-state index is 0.0819. The number of hydrogen-bond donors (Lipinski definition) is 2. The number of H-pyrrole nitrogens is 1. The quantitative estimate of drug-likeness (QED) is 0.843. The predicted octanol–water partition coefficient (Wildman–Crippen LogP) is 0.598. The average molecular weight is 259 g/mol. The molecule has 1 aromatic heterocycles. The highest BCUT2D eigenvalue weighted by Crippen LogP contribution is 2.23. The maximum Gasteiger partial charge on any atom is 0.217 e. The molecular formula is C14H15N2O3-. The summed E-state index contributed by atoms with van der Waals surface area (Å²) >= 11 is 0. The monoisotopic (exact) mass is 259 g/mol. The molecule has 0 aliphatic rings. The molecule has 0 spiro atoms. The van der Waals surface area contributed by atoms with Crippen LogP contribution in [-0.4, -0.2) is 22.9 Å². The van der Waals surface area contributed by atoms with E-state index in [2.05, 4.69) is 10.3 Å². The Morgan fingerprint density at radius 3 is 2.68 bits per heavy atom. The van der Waals surface area contributed by atoms with E-state index in [-0.39, 0.29) is 17.6 Å². The van der Waals surface area contributed by atoms with E-state index in [4.69, 9.17) is 0 Å². The van der Waals surface area contributed by atoms with E-state index >= 15 is 0 Å². The number of aromatic carboxylic acids is 1. The molecule has 1 aromatic carbocycles. The minimum Gasteiger partial charge on any atom is -0.543 e. The van der Waals surface area contributed by atoms with Gasteiger partial charge in [-0.2, -0.15) is 0 Å². The summed E-state index contributed by atoms with van der Waals surface area (Å²) in [5.74, 6) is -1.37. The molecule has 100 valence electrons. The molecule has 1 amide bonds. The molecule has 19 heavy (non-hydrogen) atoms. The van der Waals surface area contributed by atoms with E-state index in [1.54, 1.807) is 0 Å². The molecule has 1 atom stereocenters. The Morgan fingerprint density at radius 2 is 2.05 bits per heavy atom. The second kappa shape index (κ2) is 5.14. The third-order valence-corrected chi connectivity index (χ3v) is 2.98. The number of aromatic nitrogens is 1. The van der Waals surface area contributed by atoms with E-state index in [0.29, 0.717) is 12.0 Å². The fourth-order valence-electron chi connectivity index (χ4n) is 2.29. The molecule has 0 saturated carbocycles. The van der Waals surface area contributed by atoms with E-state index in [9.17, 15) is 14.7 Å². The lowest BCUT2D eigenvalue weighted by Gasteiger charge is -2.13. The summed E-state index contributed by atoms with van der Waals surface area (Å²) in [7, 11) is 0. The molecule has 0 aliphatic heterocycles. The molecule has 0 aliphatic carbocycles. The molecular weight excluding hydrogens is 244 g/mol. The molecule has 0 saturated heterocycles. The van der Waals surface area contributed by atoms with Gasteiger partial charge in [-0.15, -0.1) is 0 Å². The molecule has 0 radical (unpaired) electrons. The van der Waals surface area contributed by atoms with Crippen molar-refractivity contribution in [2.24, 2.45) is 0 Å². The Hall–Kier alpha value is -2.30. The number of carboxylic acids is 1. The summed E-state index contributed by atoms with van der Waals surface area (Å²) in [6.07, 6.45) is 0.437. The van der Waals surface area contributed by atoms with Crippen LogP contribution in [0.1, 0.15) is 29.9 Å². The van der Waals surface area contributed by atoms with Crippen LogP contribution in [0.25, 0.3) is 10.9 Å². The average Bonchev–Trinajstić information content (AvgIpc) is 2.67. The molecule has 0 unspecified atom stereocenters. The number of amides is 1. The van der Waals surface area contributed by atoms with Gasteiger partial charge in [0.1, 0.15) is 0 Å². The van der Waals surface area contributed by atoms with Crippen molar-refractivity contribution >= 4 is 22.8 Å². The lowest BCUT2D eigenvalue weighted by atomic mass is 10.0. The van der Waals surface area contributed by atoms with Crippen LogP contribution < -0.4 is 10.4 Å². The van der Waals surface area contributed by atoms with Crippen LogP contribution in [0.3, 0.4) is 0 Å². The van der Waals surface area contributed by atoms with Crippen molar-refractivity contribution in [2.75, 3.05) is 0 Å². The highest BCUT2D eigenvalue weighted by atomic mass is 16.4. The lowest BCUT2D eigenvalue weighted by molar-refractivity contribution is -0.255. The van der Waals surface area contributed by atoms with Crippen LogP contribution in [0, 0.1) is 0 Å². The standard InChI is InChI=1S/C14H16N2O3/c1-8(15-9(2)17)7-11-10-5-3-4-6-12(10)16-13(11)14(18)19/h3-6,8,16H,7H2,1-2H3,(H,15,17)(H,18,19)/p-1/t8-/m1/s1. The van der Waals surface area contributed by atoms with Gasteiger partial charge in [0.05, 0.1) is 11.7 Å². The third-order valence-electron chi connectivity index (χ3n) is 2.98. The van der Waals surface area contributed by atoms with Gasteiger partial charge in [0.2, 0.25) is 5.91 Å². The van der Waals surface area contributed by atoms with E-state index in [1.165, 1.54) is 6.92 Å². The molecule has 2 N–H and O–H groups in total. The highest BCUT2D eigenvalue weighted by molar-refractivity contribution is 5.96.